The monoisotopic (exact) mass is 348 g/mol. The van der Waals surface area contributed by atoms with Crippen LogP contribution in [0.25, 0.3) is 0 Å². The van der Waals surface area contributed by atoms with E-state index in [4.69, 9.17) is 15.2 Å². The van der Waals surface area contributed by atoms with Gasteiger partial charge in [0.15, 0.2) is 0 Å². The molecule has 0 saturated carbocycles. The molecular weight excluding hydrogens is 316 g/mol. The molecule has 0 atom stereocenters. The van der Waals surface area contributed by atoms with Gasteiger partial charge in [0, 0.05) is 12.5 Å². The summed E-state index contributed by atoms with van der Waals surface area (Å²) in [5.74, 6) is 2.31. The van der Waals surface area contributed by atoms with Crippen LogP contribution >= 0.6 is 0 Å². The Morgan fingerprint density at radius 2 is 1.92 bits per heavy atom. The molecule has 140 valence electrons. The maximum Gasteiger partial charge on any atom is 0.217 e. The Bertz CT molecular complexity index is 540. The molecular formula is C20H32N2O3. The first-order valence-electron chi connectivity index (χ1n) is 9.51. The average molecular weight is 348 g/mol. The number of likely N-dealkylation sites (tertiary alicyclic amines) is 1. The zero-order chi connectivity index (χ0) is 18.1. The lowest BCUT2D eigenvalue weighted by Gasteiger charge is -2.32. The van der Waals surface area contributed by atoms with E-state index >= 15 is 0 Å². The summed E-state index contributed by atoms with van der Waals surface area (Å²) in [6, 6.07) is 6.21. The maximum absolute atomic E-state index is 10.8. The summed E-state index contributed by atoms with van der Waals surface area (Å²) in [4.78, 5) is 13.3. The second-order valence-electron chi connectivity index (χ2n) is 6.69. The summed E-state index contributed by atoms with van der Waals surface area (Å²) in [5.41, 5.74) is 6.48. The van der Waals surface area contributed by atoms with E-state index in [1.54, 1.807) is 0 Å². The van der Waals surface area contributed by atoms with Gasteiger partial charge in [0.2, 0.25) is 5.91 Å². The summed E-state index contributed by atoms with van der Waals surface area (Å²) >= 11 is 0. The van der Waals surface area contributed by atoms with Crippen LogP contribution < -0.4 is 15.2 Å². The molecule has 1 aliphatic rings. The second-order valence-corrected chi connectivity index (χ2v) is 6.69. The summed E-state index contributed by atoms with van der Waals surface area (Å²) in [5, 5.41) is 0. The molecule has 0 bridgehead atoms. The molecule has 1 aromatic rings. The van der Waals surface area contributed by atoms with Gasteiger partial charge in [0.05, 0.1) is 13.2 Å². The van der Waals surface area contributed by atoms with Crippen molar-refractivity contribution in [2.24, 2.45) is 11.7 Å². The predicted octanol–water partition coefficient (Wildman–Crippen LogP) is 3.00. The van der Waals surface area contributed by atoms with Crippen LogP contribution in [0.1, 0.15) is 45.1 Å². The highest BCUT2D eigenvalue weighted by molar-refractivity contribution is 5.73. The van der Waals surface area contributed by atoms with Crippen molar-refractivity contribution in [2.75, 3.05) is 32.8 Å². The van der Waals surface area contributed by atoms with E-state index in [1.807, 2.05) is 26.0 Å². The van der Waals surface area contributed by atoms with E-state index < -0.39 is 0 Å². The highest BCUT2D eigenvalue weighted by atomic mass is 16.5. The fourth-order valence-corrected chi connectivity index (χ4v) is 3.45. The Balaban J connectivity index is 1.85. The fraction of sp³-hybridized carbons (Fsp3) is 0.650. The van der Waals surface area contributed by atoms with Crippen molar-refractivity contribution in [2.45, 2.75) is 46.0 Å². The molecule has 5 heteroatoms. The van der Waals surface area contributed by atoms with Crippen molar-refractivity contribution in [1.82, 2.24) is 4.90 Å². The number of nitrogens with two attached hydrogens (primary N) is 1. The number of benzene rings is 1. The molecule has 0 spiro atoms. The van der Waals surface area contributed by atoms with Gasteiger partial charge >= 0.3 is 0 Å². The predicted molar refractivity (Wildman–Crippen MR) is 100 cm³/mol. The summed E-state index contributed by atoms with van der Waals surface area (Å²) in [6.07, 6.45) is 4.79. The number of amides is 1. The molecule has 5 nitrogen and oxygen atoms in total. The number of rotatable bonds is 10. The fourth-order valence-electron chi connectivity index (χ4n) is 3.45. The minimum Gasteiger partial charge on any atom is -0.494 e. The van der Waals surface area contributed by atoms with Crippen LogP contribution in [-0.4, -0.2) is 43.7 Å². The first-order valence-corrected chi connectivity index (χ1v) is 9.51. The van der Waals surface area contributed by atoms with E-state index in [1.165, 1.54) is 18.4 Å². The second kappa shape index (κ2) is 10.3. The minimum absolute atomic E-state index is 0.200. The van der Waals surface area contributed by atoms with E-state index in [0.29, 0.717) is 25.6 Å². The first kappa shape index (κ1) is 19.6. The highest BCUT2D eigenvalue weighted by Crippen LogP contribution is 2.30. The van der Waals surface area contributed by atoms with Crippen molar-refractivity contribution in [3.05, 3.63) is 23.8 Å². The largest absolute Gasteiger partial charge is 0.494 e. The van der Waals surface area contributed by atoms with Gasteiger partial charge in [-0.15, -0.1) is 0 Å². The van der Waals surface area contributed by atoms with Gasteiger partial charge in [-0.3, -0.25) is 4.79 Å². The molecule has 0 radical (unpaired) electrons. The molecule has 1 saturated heterocycles. The average Bonchev–Trinajstić information content (AvgIpc) is 2.59. The van der Waals surface area contributed by atoms with Crippen LogP contribution in [0, 0.1) is 5.92 Å². The molecule has 1 aromatic carbocycles. The number of hydrogen-bond donors (Lipinski definition) is 1. The van der Waals surface area contributed by atoms with Crippen LogP contribution in [0.5, 0.6) is 11.5 Å². The quantitative estimate of drug-likeness (QED) is 0.706. The maximum atomic E-state index is 10.8. The van der Waals surface area contributed by atoms with E-state index in [2.05, 4.69) is 11.0 Å². The topological polar surface area (TPSA) is 64.8 Å². The Hall–Kier alpha value is -1.75. The van der Waals surface area contributed by atoms with Crippen molar-refractivity contribution in [3.63, 3.8) is 0 Å². The number of carbonyl (C=O) groups is 1. The SMILES string of the molecule is CCOc1ccc(CC2CCN(CCCC(N)=O)CC2)c(OCC)c1. The molecule has 1 amide bonds. The van der Waals surface area contributed by atoms with Gasteiger partial charge in [0.25, 0.3) is 0 Å². The molecule has 25 heavy (non-hydrogen) atoms. The smallest absolute Gasteiger partial charge is 0.217 e. The molecule has 2 N–H and O–H groups in total. The lowest BCUT2D eigenvalue weighted by molar-refractivity contribution is -0.118. The van der Waals surface area contributed by atoms with Gasteiger partial charge < -0.3 is 20.1 Å². The molecule has 0 aliphatic carbocycles. The van der Waals surface area contributed by atoms with Crippen molar-refractivity contribution >= 4 is 5.91 Å². The van der Waals surface area contributed by atoms with Crippen LogP contribution in [0.2, 0.25) is 0 Å². The number of piperidine rings is 1. The van der Waals surface area contributed by atoms with Gasteiger partial charge in [-0.25, -0.2) is 0 Å². The van der Waals surface area contributed by atoms with Crippen molar-refractivity contribution in [3.8, 4) is 11.5 Å². The number of nitrogens with zero attached hydrogens (tertiary/aromatic N) is 1. The Morgan fingerprint density at radius 3 is 2.56 bits per heavy atom. The normalized spacial score (nSPS) is 15.9. The van der Waals surface area contributed by atoms with Gasteiger partial charge in [-0.1, -0.05) is 6.07 Å². The molecule has 1 heterocycles. The Morgan fingerprint density at radius 1 is 1.20 bits per heavy atom. The number of hydrogen-bond acceptors (Lipinski definition) is 4. The van der Waals surface area contributed by atoms with Gasteiger partial charge in [-0.2, -0.15) is 0 Å². The van der Waals surface area contributed by atoms with Crippen molar-refractivity contribution < 1.29 is 14.3 Å². The zero-order valence-corrected chi connectivity index (χ0v) is 15.6. The summed E-state index contributed by atoms with van der Waals surface area (Å²) in [6.45, 7) is 8.52. The lowest BCUT2D eigenvalue weighted by Crippen LogP contribution is -2.35. The number of carbonyl (C=O) groups excluding carboxylic acids is 1. The van der Waals surface area contributed by atoms with Gasteiger partial charge in [0.1, 0.15) is 11.5 Å². The van der Waals surface area contributed by atoms with Crippen molar-refractivity contribution in [1.29, 1.82) is 0 Å². The molecule has 0 aromatic heterocycles. The molecule has 1 fully saturated rings. The standard InChI is InChI=1S/C20H32N2O3/c1-3-24-18-8-7-17(19(15-18)25-4-2)14-16-9-12-22(13-10-16)11-5-6-20(21)23/h7-8,15-16H,3-6,9-14H2,1-2H3,(H2,21,23). The minimum atomic E-state index is -0.200. The summed E-state index contributed by atoms with van der Waals surface area (Å²) < 4.78 is 11.4. The molecule has 1 aliphatic heterocycles. The number of primary amides is 1. The summed E-state index contributed by atoms with van der Waals surface area (Å²) in [7, 11) is 0. The van der Waals surface area contributed by atoms with Crippen LogP contribution in [-0.2, 0) is 11.2 Å². The highest BCUT2D eigenvalue weighted by Gasteiger charge is 2.20. The van der Waals surface area contributed by atoms with E-state index in [0.717, 1.165) is 44.0 Å². The van der Waals surface area contributed by atoms with Gasteiger partial charge in [-0.05, 0) is 76.7 Å². The van der Waals surface area contributed by atoms with Crippen LogP contribution in [0.3, 0.4) is 0 Å². The Labute approximate surface area is 151 Å². The lowest BCUT2D eigenvalue weighted by atomic mass is 9.89. The zero-order valence-electron chi connectivity index (χ0n) is 15.6. The Kier molecular flexibility index (Phi) is 8.06. The van der Waals surface area contributed by atoms with E-state index in [9.17, 15) is 4.79 Å². The van der Waals surface area contributed by atoms with Crippen LogP contribution in [0.15, 0.2) is 18.2 Å². The molecule has 2 rings (SSSR count). The third-order valence-electron chi connectivity index (χ3n) is 4.76. The third-order valence-corrected chi connectivity index (χ3v) is 4.76. The third kappa shape index (κ3) is 6.58. The van der Waals surface area contributed by atoms with E-state index in [-0.39, 0.29) is 5.91 Å². The number of ether oxygens (including phenoxy) is 2. The molecule has 0 unspecified atom stereocenters. The first-order chi connectivity index (χ1) is 12.1. The van der Waals surface area contributed by atoms with Crippen LogP contribution in [0.4, 0.5) is 0 Å².